The molecule has 2 aromatic carbocycles. The molecule has 0 aliphatic heterocycles. The van der Waals surface area contributed by atoms with E-state index in [9.17, 15) is 14.3 Å². The smallest absolute Gasteiger partial charge is 0.310 e. The second-order valence-corrected chi connectivity index (χ2v) is 6.00. The molecule has 0 saturated heterocycles. The minimum atomic E-state index is -0.991. The van der Waals surface area contributed by atoms with Gasteiger partial charge in [0.15, 0.2) is 0 Å². The Morgan fingerprint density at radius 2 is 1.76 bits per heavy atom. The zero-order valence-electron chi connectivity index (χ0n) is 11.3. The minimum absolute atomic E-state index is 0.0311. The molecule has 2 nitrogen and oxygen atoms in total. The first-order valence-electron chi connectivity index (χ1n) is 6.75. The Balaban J connectivity index is 1.98. The molecule has 0 spiro atoms. The maximum atomic E-state index is 14.1. The van der Waals surface area contributed by atoms with Crippen molar-refractivity contribution >= 4 is 17.6 Å². The van der Waals surface area contributed by atoms with Gasteiger partial charge in [-0.25, -0.2) is 4.39 Å². The largest absolute Gasteiger partial charge is 0.481 e. The van der Waals surface area contributed by atoms with E-state index in [1.807, 2.05) is 24.3 Å². The molecule has 0 atom stereocenters. The predicted molar refractivity (Wildman–Crippen MR) is 79.0 cm³/mol. The summed E-state index contributed by atoms with van der Waals surface area (Å²) in [6, 6.07) is 12.4. The molecule has 21 heavy (non-hydrogen) atoms. The van der Waals surface area contributed by atoms with Gasteiger partial charge in [-0.2, -0.15) is 0 Å². The third-order valence-electron chi connectivity index (χ3n) is 4.19. The Labute approximate surface area is 127 Å². The number of carboxylic acids is 1. The molecular weight excluding hydrogens is 291 g/mol. The van der Waals surface area contributed by atoms with Crippen molar-refractivity contribution in [3.05, 3.63) is 70.0 Å². The van der Waals surface area contributed by atoms with E-state index in [0.29, 0.717) is 18.4 Å². The van der Waals surface area contributed by atoms with Gasteiger partial charge in [0.25, 0.3) is 0 Å². The van der Waals surface area contributed by atoms with Gasteiger partial charge < -0.3 is 5.11 Å². The number of halogens is 2. The number of hydrogen-bond donors (Lipinski definition) is 1. The maximum Gasteiger partial charge on any atom is 0.310 e. The van der Waals surface area contributed by atoms with Crippen LogP contribution in [-0.2, 0) is 24.1 Å². The van der Waals surface area contributed by atoms with Crippen LogP contribution < -0.4 is 0 Å². The molecule has 3 rings (SSSR count). The molecule has 1 aliphatic rings. The van der Waals surface area contributed by atoms with Crippen molar-refractivity contribution < 1.29 is 14.3 Å². The van der Waals surface area contributed by atoms with Gasteiger partial charge in [-0.05, 0) is 42.0 Å². The Bertz CT molecular complexity index is 687. The van der Waals surface area contributed by atoms with Gasteiger partial charge >= 0.3 is 5.97 Å². The Hall–Kier alpha value is -1.87. The van der Waals surface area contributed by atoms with E-state index in [4.69, 9.17) is 11.6 Å². The standard InChI is InChI=1S/C17H14ClFO2/c18-14-7-3-6-13(15(14)19)10-17(16(20)21)8-11-4-1-2-5-12(11)9-17/h1-7H,8-10H2,(H,20,21). The second kappa shape index (κ2) is 5.15. The summed E-state index contributed by atoms with van der Waals surface area (Å²) in [4.78, 5) is 11.8. The monoisotopic (exact) mass is 304 g/mol. The predicted octanol–water partition coefficient (Wildman–Crippen LogP) is 3.89. The fourth-order valence-corrected chi connectivity index (χ4v) is 3.29. The Morgan fingerprint density at radius 1 is 1.14 bits per heavy atom. The lowest BCUT2D eigenvalue weighted by Crippen LogP contribution is -2.34. The van der Waals surface area contributed by atoms with Gasteiger partial charge in [0, 0.05) is 0 Å². The molecule has 0 heterocycles. The number of carbonyl (C=O) groups is 1. The van der Waals surface area contributed by atoms with Crippen molar-refractivity contribution in [2.24, 2.45) is 5.41 Å². The lowest BCUT2D eigenvalue weighted by atomic mass is 9.79. The molecule has 108 valence electrons. The van der Waals surface area contributed by atoms with Gasteiger partial charge in [0.05, 0.1) is 10.4 Å². The van der Waals surface area contributed by atoms with Crippen molar-refractivity contribution in [3.8, 4) is 0 Å². The van der Waals surface area contributed by atoms with E-state index in [-0.39, 0.29) is 11.4 Å². The number of aliphatic carboxylic acids is 1. The second-order valence-electron chi connectivity index (χ2n) is 5.60. The van der Waals surface area contributed by atoms with Gasteiger partial charge in [-0.3, -0.25) is 4.79 Å². The van der Waals surface area contributed by atoms with Crippen LogP contribution in [0.25, 0.3) is 0 Å². The van der Waals surface area contributed by atoms with E-state index in [1.54, 1.807) is 12.1 Å². The number of benzene rings is 2. The van der Waals surface area contributed by atoms with E-state index >= 15 is 0 Å². The van der Waals surface area contributed by atoms with Crippen molar-refractivity contribution in [2.75, 3.05) is 0 Å². The van der Waals surface area contributed by atoms with Gasteiger partial charge in [0.1, 0.15) is 5.82 Å². The quantitative estimate of drug-likeness (QED) is 0.934. The molecule has 0 aromatic heterocycles. The molecule has 4 heteroatoms. The highest BCUT2D eigenvalue weighted by Crippen LogP contribution is 2.40. The topological polar surface area (TPSA) is 37.3 Å². The average molecular weight is 305 g/mol. The first kappa shape index (κ1) is 14.1. The molecule has 0 amide bonds. The minimum Gasteiger partial charge on any atom is -0.481 e. The molecule has 0 bridgehead atoms. The summed E-state index contributed by atoms with van der Waals surface area (Å²) in [5, 5.41) is 9.73. The highest BCUT2D eigenvalue weighted by Gasteiger charge is 2.44. The van der Waals surface area contributed by atoms with Crippen LogP contribution in [0.4, 0.5) is 4.39 Å². The molecule has 2 aromatic rings. The van der Waals surface area contributed by atoms with Gasteiger partial charge in [-0.15, -0.1) is 0 Å². The van der Waals surface area contributed by atoms with Crippen LogP contribution in [0, 0.1) is 11.2 Å². The first-order valence-corrected chi connectivity index (χ1v) is 7.13. The van der Waals surface area contributed by atoms with Crippen molar-refractivity contribution in [3.63, 3.8) is 0 Å². The maximum absolute atomic E-state index is 14.1. The molecule has 1 N–H and O–H groups in total. The van der Waals surface area contributed by atoms with Gasteiger partial charge in [0.2, 0.25) is 0 Å². The third kappa shape index (κ3) is 2.42. The highest BCUT2D eigenvalue weighted by atomic mass is 35.5. The fourth-order valence-electron chi connectivity index (χ4n) is 3.10. The SMILES string of the molecule is O=C(O)C1(Cc2cccc(Cl)c2F)Cc2ccccc2C1. The van der Waals surface area contributed by atoms with Crippen LogP contribution in [0.5, 0.6) is 0 Å². The van der Waals surface area contributed by atoms with E-state index < -0.39 is 17.2 Å². The van der Waals surface area contributed by atoms with Crippen molar-refractivity contribution in [2.45, 2.75) is 19.3 Å². The van der Waals surface area contributed by atoms with E-state index in [0.717, 1.165) is 11.1 Å². The molecule has 1 aliphatic carbocycles. The lowest BCUT2D eigenvalue weighted by Gasteiger charge is -2.24. The highest BCUT2D eigenvalue weighted by molar-refractivity contribution is 6.30. The van der Waals surface area contributed by atoms with Crippen molar-refractivity contribution in [1.82, 2.24) is 0 Å². The summed E-state index contributed by atoms with van der Waals surface area (Å²) in [7, 11) is 0. The third-order valence-corrected chi connectivity index (χ3v) is 4.48. The Kier molecular flexibility index (Phi) is 3.46. The van der Waals surface area contributed by atoms with Crippen LogP contribution in [0.15, 0.2) is 42.5 Å². The summed E-state index contributed by atoms with van der Waals surface area (Å²) >= 11 is 5.79. The number of carboxylic acid groups (broad SMARTS) is 1. The van der Waals surface area contributed by atoms with Gasteiger partial charge in [-0.1, -0.05) is 48.0 Å². The number of rotatable bonds is 3. The van der Waals surface area contributed by atoms with Crippen LogP contribution in [0.3, 0.4) is 0 Å². The van der Waals surface area contributed by atoms with E-state index in [2.05, 4.69) is 0 Å². The zero-order valence-corrected chi connectivity index (χ0v) is 12.0. The van der Waals surface area contributed by atoms with Crippen LogP contribution in [0.1, 0.15) is 16.7 Å². The normalized spacial score (nSPS) is 15.7. The summed E-state index contributed by atoms with van der Waals surface area (Å²) in [6.45, 7) is 0. The van der Waals surface area contributed by atoms with E-state index in [1.165, 1.54) is 6.07 Å². The van der Waals surface area contributed by atoms with Crippen LogP contribution in [0.2, 0.25) is 5.02 Å². The fraction of sp³-hybridized carbons (Fsp3) is 0.235. The average Bonchev–Trinajstić information content (AvgIpc) is 2.83. The van der Waals surface area contributed by atoms with Crippen LogP contribution >= 0.6 is 11.6 Å². The summed E-state index contributed by atoms with van der Waals surface area (Å²) < 4.78 is 14.1. The zero-order chi connectivity index (χ0) is 15.0. The summed E-state index contributed by atoms with van der Waals surface area (Å²) in [6.07, 6.45) is 0.984. The molecule has 0 radical (unpaired) electrons. The summed E-state index contributed by atoms with van der Waals surface area (Å²) in [5.41, 5.74) is 1.43. The van der Waals surface area contributed by atoms with Crippen molar-refractivity contribution in [1.29, 1.82) is 0 Å². The molecule has 0 fully saturated rings. The Morgan fingerprint density at radius 3 is 2.33 bits per heavy atom. The number of fused-ring (bicyclic) bond motifs is 1. The lowest BCUT2D eigenvalue weighted by molar-refractivity contribution is -0.148. The van der Waals surface area contributed by atoms with Crippen LogP contribution in [-0.4, -0.2) is 11.1 Å². The molecule has 0 unspecified atom stereocenters. The summed E-state index contributed by atoms with van der Waals surface area (Å²) in [5.74, 6) is -1.41. The molecule has 0 saturated carbocycles. The first-order chi connectivity index (χ1) is 10.0. The molecular formula is C17H14ClFO2. The number of hydrogen-bond acceptors (Lipinski definition) is 1.